The molecule has 1 aromatic heterocycles. The van der Waals surface area contributed by atoms with Gasteiger partial charge in [-0.05, 0) is 24.7 Å². The fourth-order valence-corrected chi connectivity index (χ4v) is 2.40. The van der Waals surface area contributed by atoms with Gasteiger partial charge in [-0.25, -0.2) is 9.97 Å². The molecule has 1 saturated carbocycles. The number of rotatable bonds is 4. The summed E-state index contributed by atoms with van der Waals surface area (Å²) < 4.78 is 0. The number of aliphatic hydroxyl groups is 1. The van der Waals surface area contributed by atoms with Gasteiger partial charge in [0.2, 0.25) is 0 Å². The Hall–Kier alpha value is -1.67. The molecule has 0 aromatic carbocycles. The van der Waals surface area contributed by atoms with Crippen molar-refractivity contribution in [2.75, 3.05) is 18.5 Å². The van der Waals surface area contributed by atoms with Gasteiger partial charge in [0.1, 0.15) is 6.07 Å². The van der Waals surface area contributed by atoms with E-state index in [1.807, 2.05) is 6.07 Å². The first-order valence-corrected chi connectivity index (χ1v) is 5.91. The normalized spacial score (nSPS) is 23.3. The van der Waals surface area contributed by atoms with Crippen molar-refractivity contribution in [1.29, 1.82) is 5.26 Å². The van der Waals surface area contributed by atoms with E-state index in [9.17, 15) is 5.11 Å². The predicted molar refractivity (Wildman–Crippen MR) is 63.2 cm³/mol. The van der Waals surface area contributed by atoms with Crippen LogP contribution >= 0.6 is 0 Å². The fraction of sp³-hybridized carbons (Fsp3) is 0.583. The van der Waals surface area contributed by atoms with Gasteiger partial charge in [-0.2, -0.15) is 5.26 Å². The van der Waals surface area contributed by atoms with Crippen LogP contribution in [0, 0.1) is 23.2 Å². The maximum atomic E-state index is 9.23. The molecule has 1 aliphatic rings. The molecule has 1 aromatic rings. The number of hydrogen-bond donors (Lipinski definition) is 2. The molecular weight excluding hydrogens is 216 g/mol. The molecule has 5 nitrogen and oxygen atoms in total. The van der Waals surface area contributed by atoms with Crippen LogP contribution in [0.3, 0.4) is 0 Å². The summed E-state index contributed by atoms with van der Waals surface area (Å²) in [7, 11) is 0. The van der Waals surface area contributed by atoms with Gasteiger partial charge in [-0.15, -0.1) is 0 Å². The number of aromatic nitrogens is 2. The summed E-state index contributed by atoms with van der Waals surface area (Å²) in [4.78, 5) is 8.05. The maximum absolute atomic E-state index is 9.23. The molecule has 1 aliphatic carbocycles. The zero-order valence-electron chi connectivity index (χ0n) is 9.63. The van der Waals surface area contributed by atoms with E-state index in [2.05, 4.69) is 15.3 Å². The average molecular weight is 232 g/mol. The second kappa shape index (κ2) is 5.60. The van der Waals surface area contributed by atoms with E-state index < -0.39 is 0 Å². The Balaban J connectivity index is 1.96. The third-order valence-corrected chi connectivity index (χ3v) is 3.39. The summed E-state index contributed by atoms with van der Waals surface area (Å²) in [6.45, 7) is 0.997. The largest absolute Gasteiger partial charge is 0.396 e. The molecule has 5 heteroatoms. The highest BCUT2D eigenvalue weighted by atomic mass is 16.3. The number of nitrogens with one attached hydrogen (secondary N) is 1. The minimum absolute atomic E-state index is 0.248. The summed E-state index contributed by atoms with van der Waals surface area (Å²) in [6, 6.07) is 2.01. The number of hydrogen-bond acceptors (Lipinski definition) is 5. The number of nitriles is 1. The smallest absolute Gasteiger partial charge is 0.182 e. The van der Waals surface area contributed by atoms with Crippen LogP contribution in [0.25, 0.3) is 0 Å². The Labute approximate surface area is 101 Å². The lowest BCUT2D eigenvalue weighted by Crippen LogP contribution is -2.21. The van der Waals surface area contributed by atoms with Gasteiger partial charge in [-0.1, -0.05) is 6.42 Å². The van der Waals surface area contributed by atoms with Gasteiger partial charge in [0.25, 0.3) is 0 Å². The van der Waals surface area contributed by atoms with Crippen molar-refractivity contribution in [2.45, 2.75) is 19.3 Å². The Morgan fingerprint density at radius 1 is 1.35 bits per heavy atom. The molecule has 2 rings (SSSR count). The molecule has 2 atom stereocenters. The molecule has 1 fully saturated rings. The Morgan fingerprint density at radius 2 is 2.12 bits per heavy atom. The zero-order valence-corrected chi connectivity index (χ0v) is 9.63. The highest BCUT2D eigenvalue weighted by Gasteiger charge is 2.26. The van der Waals surface area contributed by atoms with Crippen molar-refractivity contribution in [1.82, 2.24) is 9.97 Å². The van der Waals surface area contributed by atoms with Gasteiger partial charge in [0.05, 0.1) is 0 Å². The molecule has 17 heavy (non-hydrogen) atoms. The van der Waals surface area contributed by atoms with E-state index in [-0.39, 0.29) is 6.61 Å². The first kappa shape index (κ1) is 11.8. The Bertz CT molecular complexity index is 415. The van der Waals surface area contributed by atoms with Gasteiger partial charge in [0.15, 0.2) is 11.5 Å². The molecular formula is C12H16N4O. The topological polar surface area (TPSA) is 81.8 Å². The summed E-state index contributed by atoms with van der Waals surface area (Å²) in [5, 5.41) is 21.3. The van der Waals surface area contributed by atoms with Crippen LogP contribution in [0.5, 0.6) is 0 Å². The predicted octanol–water partition coefficient (Wildman–Crippen LogP) is 1.17. The van der Waals surface area contributed by atoms with E-state index in [0.29, 0.717) is 23.3 Å². The second-order valence-corrected chi connectivity index (χ2v) is 4.38. The quantitative estimate of drug-likeness (QED) is 0.814. The zero-order chi connectivity index (χ0) is 12.1. The van der Waals surface area contributed by atoms with Crippen molar-refractivity contribution in [3.05, 3.63) is 18.1 Å². The van der Waals surface area contributed by atoms with Crippen LogP contribution < -0.4 is 5.32 Å². The summed E-state index contributed by atoms with van der Waals surface area (Å²) >= 11 is 0. The molecule has 0 saturated heterocycles. The van der Waals surface area contributed by atoms with Crippen LogP contribution in [0.15, 0.2) is 12.4 Å². The van der Waals surface area contributed by atoms with Crippen LogP contribution in [-0.4, -0.2) is 28.2 Å². The van der Waals surface area contributed by atoms with Crippen molar-refractivity contribution >= 4 is 5.82 Å². The first-order chi connectivity index (χ1) is 8.35. The van der Waals surface area contributed by atoms with Crippen molar-refractivity contribution in [3.8, 4) is 6.07 Å². The van der Waals surface area contributed by atoms with E-state index >= 15 is 0 Å². The molecule has 0 bridgehead atoms. The SMILES string of the molecule is N#Cc1nccnc1NCC1CCCC1CO. The Kier molecular flexibility index (Phi) is 3.89. The summed E-state index contributed by atoms with van der Waals surface area (Å²) in [5.74, 6) is 1.39. The molecule has 90 valence electrons. The van der Waals surface area contributed by atoms with E-state index in [1.54, 1.807) is 6.20 Å². The fourth-order valence-electron chi connectivity index (χ4n) is 2.40. The summed E-state index contributed by atoms with van der Waals surface area (Å²) in [5.41, 5.74) is 0.325. The first-order valence-electron chi connectivity index (χ1n) is 5.91. The lowest BCUT2D eigenvalue weighted by Gasteiger charge is -2.18. The Morgan fingerprint density at radius 3 is 2.88 bits per heavy atom. The second-order valence-electron chi connectivity index (χ2n) is 4.38. The van der Waals surface area contributed by atoms with Crippen LogP contribution in [0.4, 0.5) is 5.82 Å². The molecule has 0 amide bonds. The van der Waals surface area contributed by atoms with Crippen LogP contribution in [0.1, 0.15) is 25.0 Å². The average Bonchev–Trinajstić information content (AvgIpc) is 2.84. The third-order valence-electron chi connectivity index (χ3n) is 3.39. The lowest BCUT2D eigenvalue weighted by atomic mass is 9.97. The monoisotopic (exact) mass is 232 g/mol. The maximum Gasteiger partial charge on any atom is 0.182 e. The van der Waals surface area contributed by atoms with Gasteiger partial charge in [-0.3, -0.25) is 0 Å². The molecule has 2 N–H and O–H groups in total. The number of anilines is 1. The highest BCUT2D eigenvalue weighted by molar-refractivity contribution is 5.46. The number of nitrogens with zero attached hydrogens (tertiary/aromatic N) is 3. The molecule has 0 radical (unpaired) electrons. The van der Waals surface area contributed by atoms with E-state index in [0.717, 1.165) is 19.4 Å². The lowest BCUT2D eigenvalue weighted by molar-refractivity contribution is 0.199. The van der Waals surface area contributed by atoms with Gasteiger partial charge >= 0.3 is 0 Å². The van der Waals surface area contributed by atoms with Crippen molar-refractivity contribution in [3.63, 3.8) is 0 Å². The summed E-state index contributed by atoms with van der Waals surface area (Å²) in [6.07, 6.45) is 6.47. The molecule has 1 heterocycles. The van der Waals surface area contributed by atoms with Crippen molar-refractivity contribution < 1.29 is 5.11 Å². The van der Waals surface area contributed by atoms with Gasteiger partial charge in [0, 0.05) is 25.5 Å². The highest BCUT2D eigenvalue weighted by Crippen LogP contribution is 2.31. The number of aliphatic hydroxyl groups excluding tert-OH is 1. The third kappa shape index (κ3) is 2.71. The van der Waals surface area contributed by atoms with E-state index in [1.165, 1.54) is 12.6 Å². The van der Waals surface area contributed by atoms with Gasteiger partial charge < -0.3 is 10.4 Å². The van der Waals surface area contributed by atoms with Crippen molar-refractivity contribution in [2.24, 2.45) is 11.8 Å². The molecule has 2 unspecified atom stereocenters. The molecule has 0 aliphatic heterocycles. The van der Waals surface area contributed by atoms with Crippen LogP contribution in [0.2, 0.25) is 0 Å². The standard InChI is InChI=1S/C12H16N4O/c13-6-11-12(15-5-4-14-11)16-7-9-2-1-3-10(9)8-17/h4-5,9-10,17H,1-3,7-8H2,(H,15,16). The molecule has 0 spiro atoms. The minimum Gasteiger partial charge on any atom is -0.396 e. The minimum atomic E-state index is 0.248. The van der Waals surface area contributed by atoms with Crippen LogP contribution in [-0.2, 0) is 0 Å². The van der Waals surface area contributed by atoms with E-state index in [4.69, 9.17) is 5.26 Å².